The monoisotopic (exact) mass is 268 g/mol. The van der Waals surface area contributed by atoms with Gasteiger partial charge >= 0.3 is 0 Å². The molecule has 1 heterocycles. The van der Waals surface area contributed by atoms with Gasteiger partial charge < -0.3 is 5.32 Å². The van der Waals surface area contributed by atoms with Gasteiger partial charge in [-0.3, -0.25) is 0 Å². The number of likely N-dealkylation sites (N-methyl/N-ethyl adjacent to an activating group) is 1. The average molecular weight is 268 g/mol. The third-order valence-electron chi connectivity index (χ3n) is 3.42. The van der Waals surface area contributed by atoms with Crippen molar-refractivity contribution < 1.29 is 8.42 Å². The Morgan fingerprint density at radius 1 is 1.22 bits per heavy atom. The first-order valence-electron chi connectivity index (χ1n) is 6.41. The van der Waals surface area contributed by atoms with Crippen LogP contribution in [0.1, 0.15) is 19.4 Å². The van der Waals surface area contributed by atoms with Crippen LogP contribution in [0.4, 0.5) is 0 Å². The number of rotatable bonds is 5. The van der Waals surface area contributed by atoms with Crippen molar-refractivity contribution in [1.29, 1.82) is 0 Å². The Labute approximate surface area is 109 Å². The summed E-state index contributed by atoms with van der Waals surface area (Å²) in [6, 6.07) is 7.30. The third-order valence-corrected chi connectivity index (χ3v) is 5.46. The molecule has 0 aromatic heterocycles. The van der Waals surface area contributed by atoms with Crippen molar-refractivity contribution in [3.05, 3.63) is 29.8 Å². The molecule has 0 bridgehead atoms. The summed E-state index contributed by atoms with van der Waals surface area (Å²) in [4.78, 5) is 0.397. The van der Waals surface area contributed by atoms with Crippen LogP contribution in [0.15, 0.2) is 29.2 Å². The molecular weight excluding hydrogens is 248 g/mol. The van der Waals surface area contributed by atoms with E-state index in [9.17, 15) is 8.42 Å². The highest BCUT2D eigenvalue weighted by atomic mass is 32.2. The second-order valence-electron chi connectivity index (χ2n) is 4.52. The van der Waals surface area contributed by atoms with Crippen molar-refractivity contribution in [3.63, 3.8) is 0 Å². The van der Waals surface area contributed by atoms with Crippen LogP contribution in [0.5, 0.6) is 0 Å². The lowest BCUT2D eigenvalue weighted by molar-refractivity contribution is 0.249. The van der Waals surface area contributed by atoms with E-state index in [1.165, 1.54) is 0 Å². The highest BCUT2D eigenvalue weighted by Crippen LogP contribution is 2.20. The van der Waals surface area contributed by atoms with Crippen LogP contribution in [0.3, 0.4) is 0 Å². The van der Waals surface area contributed by atoms with E-state index in [0.29, 0.717) is 11.4 Å². The van der Waals surface area contributed by atoms with Crippen LogP contribution >= 0.6 is 0 Å². The Kier molecular flexibility index (Phi) is 4.04. The lowest BCUT2D eigenvalue weighted by atomic mass is 10.2. The first-order valence-corrected chi connectivity index (χ1v) is 7.85. The largest absolute Gasteiger partial charge is 0.313 e. The van der Waals surface area contributed by atoms with Crippen LogP contribution in [-0.2, 0) is 16.4 Å². The summed E-state index contributed by atoms with van der Waals surface area (Å²) in [5.74, 6) is 0. The Morgan fingerprint density at radius 2 is 1.83 bits per heavy atom. The van der Waals surface area contributed by atoms with Crippen LogP contribution in [-0.4, -0.2) is 38.4 Å². The van der Waals surface area contributed by atoms with E-state index in [2.05, 4.69) is 12.2 Å². The summed E-state index contributed by atoms with van der Waals surface area (Å²) in [6.45, 7) is 5.96. The van der Waals surface area contributed by atoms with Gasteiger partial charge in [0.2, 0.25) is 10.0 Å². The maximum Gasteiger partial charge on any atom is 0.243 e. The minimum atomic E-state index is -3.34. The molecule has 0 saturated carbocycles. The lowest BCUT2D eigenvalue weighted by Crippen LogP contribution is -2.58. The van der Waals surface area contributed by atoms with Crippen molar-refractivity contribution in [2.75, 3.05) is 19.6 Å². The molecule has 0 atom stereocenters. The molecule has 4 nitrogen and oxygen atoms in total. The Morgan fingerprint density at radius 3 is 2.22 bits per heavy atom. The Balaban J connectivity index is 2.27. The van der Waals surface area contributed by atoms with Gasteiger partial charge in [0.1, 0.15) is 0 Å². The normalized spacial score (nSPS) is 16.8. The molecule has 1 aliphatic heterocycles. The summed E-state index contributed by atoms with van der Waals surface area (Å²) in [5.41, 5.74) is 1.15. The topological polar surface area (TPSA) is 49.4 Å². The minimum absolute atomic E-state index is 0.103. The molecule has 0 aliphatic carbocycles. The van der Waals surface area contributed by atoms with Crippen LogP contribution < -0.4 is 5.32 Å². The summed E-state index contributed by atoms with van der Waals surface area (Å²) in [6.07, 6.45) is 0.921. The number of sulfonamides is 1. The number of aryl methyl sites for hydroxylation is 1. The molecule has 100 valence electrons. The van der Waals surface area contributed by atoms with Gasteiger partial charge in [0.15, 0.2) is 0 Å². The van der Waals surface area contributed by atoms with Gasteiger partial charge in [-0.05, 0) is 24.1 Å². The van der Waals surface area contributed by atoms with Gasteiger partial charge in [-0.25, -0.2) is 8.42 Å². The molecule has 1 saturated heterocycles. The summed E-state index contributed by atoms with van der Waals surface area (Å²) in [5, 5.41) is 3.11. The van der Waals surface area contributed by atoms with Gasteiger partial charge in [-0.1, -0.05) is 26.0 Å². The fourth-order valence-corrected chi connectivity index (χ4v) is 3.77. The van der Waals surface area contributed by atoms with E-state index >= 15 is 0 Å². The van der Waals surface area contributed by atoms with Crippen LogP contribution in [0, 0.1) is 0 Å². The second kappa shape index (κ2) is 5.38. The molecule has 1 fully saturated rings. The molecule has 2 rings (SSSR count). The van der Waals surface area contributed by atoms with Crippen LogP contribution in [0.25, 0.3) is 0 Å². The predicted molar refractivity (Wildman–Crippen MR) is 72.0 cm³/mol. The van der Waals surface area contributed by atoms with E-state index in [-0.39, 0.29) is 6.04 Å². The maximum atomic E-state index is 12.5. The van der Waals surface area contributed by atoms with Gasteiger partial charge in [-0.2, -0.15) is 4.31 Å². The smallest absolute Gasteiger partial charge is 0.243 e. The molecule has 1 aromatic carbocycles. The molecule has 1 aliphatic rings. The Bertz CT molecular complexity index is 492. The second-order valence-corrected chi connectivity index (χ2v) is 6.41. The number of nitrogens with one attached hydrogen (secondary N) is 1. The molecule has 0 unspecified atom stereocenters. The van der Waals surface area contributed by atoms with Gasteiger partial charge in [0, 0.05) is 25.7 Å². The fraction of sp³-hybridized carbons (Fsp3) is 0.538. The first kappa shape index (κ1) is 13.5. The van der Waals surface area contributed by atoms with E-state index in [4.69, 9.17) is 0 Å². The molecule has 1 aromatic rings. The zero-order valence-electron chi connectivity index (χ0n) is 10.9. The SMILES string of the molecule is CCc1ccc(S(=O)(=O)N(CC)C2CNC2)cc1. The fourth-order valence-electron chi connectivity index (χ4n) is 2.13. The van der Waals surface area contributed by atoms with Crippen molar-refractivity contribution in [2.45, 2.75) is 31.2 Å². The first-order chi connectivity index (χ1) is 8.59. The maximum absolute atomic E-state index is 12.5. The van der Waals surface area contributed by atoms with E-state index in [1.807, 2.05) is 19.1 Å². The van der Waals surface area contributed by atoms with Crippen molar-refractivity contribution in [1.82, 2.24) is 9.62 Å². The average Bonchev–Trinajstić information content (AvgIpc) is 2.33. The number of hydrogen-bond acceptors (Lipinski definition) is 3. The minimum Gasteiger partial charge on any atom is -0.313 e. The third kappa shape index (κ3) is 2.43. The predicted octanol–water partition coefficient (Wildman–Crippen LogP) is 1.23. The van der Waals surface area contributed by atoms with Gasteiger partial charge in [-0.15, -0.1) is 0 Å². The quantitative estimate of drug-likeness (QED) is 0.874. The molecule has 0 amide bonds. The molecular formula is C13H20N2O2S. The Hall–Kier alpha value is -0.910. The highest BCUT2D eigenvalue weighted by Gasteiger charge is 2.33. The van der Waals surface area contributed by atoms with E-state index in [0.717, 1.165) is 25.1 Å². The number of benzene rings is 1. The highest BCUT2D eigenvalue weighted by molar-refractivity contribution is 7.89. The standard InChI is InChI=1S/C13H20N2O2S/c1-3-11-5-7-13(8-6-11)18(16,17)15(4-2)12-9-14-10-12/h5-8,12,14H,3-4,9-10H2,1-2H3. The van der Waals surface area contributed by atoms with Gasteiger partial charge in [0.25, 0.3) is 0 Å². The zero-order valence-corrected chi connectivity index (χ0v) is 11.7. The molecule has 0 radical (unpaired) electrons. The summed E-state index contributed by atoms with van der Waals surface area (Å²) < 4.78 is 26.6. The molecule has 1 N–H and O–H groups in total. The van der Waals surface area contributed by atoms with Crippen molar-refractivity contribution >= 4 is 10.0 Å². The van der Waals surface area contributed by atoms with Crippen molar-refractivity contribution in [2.24, 2.45) is 0 Å². The summed E-state index contributed by atoms with van der Waals surface area (Å²) >= 11 is 0. The van der Waals surface area contributed by atoms with E-state index < -0.39 is 10.0 Å². The van der Waals surface area contributed by atoms with Crippen LogP contribution in [0.2, 0.25) is 0 Å². The zero-order chi connectivity index (χ0) is 13.2. The molecule has 18 heavy (non-hydrogen) atoms. The molecule has 0 spiro atoms. The lowest BCUT2D eigenvalue weighted by Gasteiger charge is -2.36. The molecule has 5 heteroatoms. The van der Waals surface area contributed by atoms with Crippen molar-refractivity contribution in [3.8, 4) is 0 Å². The summed E-state index contributed by atoms with van der Waals surface area (Å²) in [7, 11) is -3.34. The number of hydrogen-bond donors (Lipinski definition) is 1. The van der Waals surface area contributed by atoms with E-state index in [1.54, 1.807) is 16.4 Å². The number of nitrogens with zero attached hydrogens (tertiary/aromatic N) is 1. The van der Waals surface area contributed by atoms with Gasteiger partial charge in [0.05, 0.1) is 4.90 Å².